The van der Waals surface area contributed by atoms with Crippen LogP contribution in [0.15, 0.2) is 30.5 Å². The molecule has 1 aromatic carbocycles. The number of hydrogen-bond donors (Lipinski definition) is 2. The van der Waals surface area contributed by atoms with Gasteiger partial charge in [-0.15, -0.1) is 0 Å². The number of benzene rings is 1. The van der Waals surface area contributed by atoms with Crippen LogP contribution in [0.3, 0.4) is 0 Å². The summed E-state index contributed by atoms with van der Waals surface area (Å²) >= 11 is 14.3. The summed E-state index contributed by atoms with van der Waals surface area (Å²) in [5, 5.41) is 11.7. The summed E-state index contributed by atoms with van der Waals surface area (Å²) in [6.45, 7) is 1.35. The molecule has 1 aliphatic rings. The van der Waals surface area contributed by atoms with Crippen LogP contribution in [-0.2, 0) is 11.3 Å². The van der Waals surface area contributed by atoms with Gasteiger partial charge < -0.3 is 10.6 Å². The fraction of sp³-hybridized carbons (Fsp3) is 0.375. The van der Waals surface area contributed by atoms with E-state index in [1.807, 2.05) is 11.8 Å². The number of carbonyl (C=O) groups is 1. The molecule has 3 rings (SSSR count). The Morgan fingerprint density at radius 1 is 1.38 bits per heavy atom. The molecule has 8 heteroatoms. The lowest BCUT2D eigenvalue weighted by Gasteiger charge is -2.22. The summed E-state index contributed by atoms with van der Waals surface area (Å²) in [6, 6.07) is 7.37. The van der Waals surface area contributed by atoms with Crippen molar-refractivity contribution in [3.05, 3.63) is 46.1 Å². The highest BCUT2D eigenvalue weighted by Crippen LogP contribution is 2.26. The van der Waals surface area contributed by atoms with Gasteiger partial charge in [0.05, 0.1) is 12.7 Å². The monoisotopic (exact) mass is 384 g/mol. The SMILES string of the molecule is O=C(CC1CSCCN1)Nc1ccnn1Cc1c(Cl)cccc1Cl. The fourth-order valence-corrected chi connectivity index (χ4v) is 4.03. The molecule has 0 aliphatic carbocycles. The summed E-state index contributed by atoms with van der Waals surface area (Å²) in [4.78, 5) is 12.3. The average Bonchev–Trinajstić information content (AvgIpc) is 2.99. The zero-order valence-electron chi connectivity index (χ0n) is 13.0. The van der Waals surface area contributed by atoms with Crippen LogP contribution in [0.2, 0.25) is 10.0 Å². The second kappa shape index (κ2) is 8.25. The molecular formula is C16H18Cl2N4OS. The predicted molar refractivity (Wildman–Crippen MR) is 100 cm³/mol. The number of hydrogen-bond acceptors (Lipinski definition) is 4. The van der Waals surface area contributed by atoms with E-state index >= 15 is 0 Å². The van der Waals surface area contributed by atoms with Gasteiger partial charge >= 0.3 is 0 Å². The van der Waals surface area contributed by atoms with Gasteiger partial charge in [-0.3, -0.25) is 4.79 Å². The third-order valence-electron chi connectivity index (χ3n) is 3.78. The minimum absolute atomic E-state index is 0.0259. The van der Waals surface area contributed by atoms with Crippen molar-refractivity contribution in [2.24, 2.45) is 0 Å². The molecule has 1 aromatic heterocycles. The number of aromatic nitrogens is 2. The Morgan fingerprint density at radius 3 is 2.88 bits per heavy atom. The molecule has 2 aromatic rings. The summed E-state index contributed by atoms with van der Waals surface area (Å²) in [7, 11) is 0. The topological polar surface area (TPSA) is 59.0 Å². The Labute approximate surface area is 155 Å². The van der Waals surface area contributed by atoms with Crippen LogP contribution < -0.4 is 10.6 Å². The lowest BCUT2D eigenvalue weighted by Crippen LogP contribution is -2.40. The Morgan fingerprint density at radius 2 is 2.17 bits per heavy atom. The van der Waals surface area contributed by atoms with Crippen LogP contribution in [0.5, 0.6) is 0 Å². The van der Waals surface area contributed by atoms with E-state index < -0.39 is 0 Å². The summed E-state index contributed by atoms with van der Waals surface area (Å²) in [5.74, 6) is 2.67. The number of anilines is 1. The number of halogens is 2. The number of thioether (sulfide) groups is 1. The molecule has 24 heavy (non-hydrogen) atoms. The molecule has 1 amide bonds. The number of amides is 1. The van der Waals surface area contributed by atoms with Crippen LogP contribution in [0.4, 0.5) is 5.82 Å². The molecule has 1 unspecified atom stereocenters. The van der Waals surface area contributed by atoms with E-state index in [1.165, 1.54) is 0 Å². The minimum atomic E-state index is -0.0259. The van der Waals surface area contributed by atoms with Gasteiger partial charge in [0.15, 0.2) is 0 Å². The van der Waals surface area contributed by atoms with Crippen molar-refractivity contribution >= 4 is 46.7 Å². The second-order valence-corrected chi connectivity index (χ2v) is 7.52. The molecule has 1 saturated heterocycles. The molecule has 0 spiro atoms. The van der Waals surface area contributed by atoms with E-state index in [0.717, 1.165) is 23.6 Å². The van der Waals surface area contributed by atoms with Crippen molar-refractivity contribution in [3.8, 4) is 0 Å². The molecule has 128 valence electrons. The van der Waals surface area contributed by atoms with Crippen LogP contribution in [0, 0.1) is 0 Å². The van der Waals surface area contributed by atoms with Crippen LogP contribution >= 0.6 is 35.0 Å². The molecule has 1 fully saturated rings. The highest BCUT2D eigenvalue weighted by Gasteiger charge is 2.18. The van der Waals surface area contributed by atoms with Crippen LogP contribution in [-0.4, -0.2) is 39.8 Å². The molecule has 2 heterocycles. The third-order valence-corrected chi connectivity index (χ3v) is 5.62. The first-order valence-corrected chi connectivity index (χ1v) is 9.60. The van der Waals surface area contributed by atoms with Gasteiger partial charge in [-0.05, 0) is 12.1 Å². The molecule has 0 saturated carbocycles. The highest BCUT2D eigenvalue weighted by molar-refractivity contribution is 7.99. The maximum atomic E-state index is 12.3. The van der Waals surface area contributed by atoms with E-state index in [2.05, 4.69) is 15.7 Å². The summed E-state index contributed by atoms with van der Waals surface area (Å²) < 4.78 is 1.69. The van der Waals surface area contributed by atoms with E-state index in [-0.39, 0.29) is 11.9 Å². The molecule has 2 N–H and O–H groups in total. The van der Waals surface area contributed by atoms with E-state index in [9.17, 15) is 4.79 Å². The molecule has 0 radical (unpaired) electrons. The Balaban J connectivity index is 1.65. The number of carbonyl (C=O) groups excluding carboxylic acids is 1. The van der Waals surface area contributed by atoms with Gasteiger partial charge in [0.1, 0.15) is 5.82 Å². The minimum Gasteiger partial charge on any atom is -0.312 e. The molecule has 5 nitrogen and oxygen atoms in total. The summed E-state index contributed by atoms with van der Waals surface area (Å²) in [5.41, 5.74) is 0.783. The van der Waals surface area contributed by atoms with E-state index in [1.54, 1.807) is 35.1 Å². The van der Waals surface area contributed by atoms with Gasteiger partial charge in [-0.25, -0.2) is 4.68 Å². The first-order chi connectivity index (χ1) is 11.6. The van der Waals surface area contributed by atoms with Crippen molar-refractivity contribution in [2.45, 2.75) is 19.0 Å². The van der Waals surface area contributed by atoms with Crippen molar-refractivity contribution < 1.29 is 4.79 Å². The fourth-order valence-electron chi connectivity index (χ4n) is 2.57. The smallest absolute Gasteiger partial charge is 0.227 e. The molecule has 1 atom stereocenters. The Bertz CT molecular complexity index is 696. The lowest BCUT2D eigenvalue weighted by molar-refractivity contribution is -0.116. The van der Waals surface area contributed by atoms with Gasteiger partial charge in [0, 0.05) is 52.2 Å². The van der Waals surface area contributed by atoms with Crippen molar-refractivity contribution in [1.29, 1.82) is 0 Å². The highest BCUT2D eigenvalue weighted by atomic mass is 35.5. The second-order valence-electron chi connectivity index (χ2n) is 5.55. The zero-order valence-corrected chi connectivity index (χ0v) is 15.3. The normalized spacial score (nSPS) is 17.7. The number of nitrogens with zero attached hydrogens (tertiary/aromatic N) is 2. The maximum absolute atomic E-state index is 12.3. The van der Waals surface area contributed by atoms with Gasteiger partial charge in [-0.1, -0.05) is 29.3 Å². The van der Waals surface area contributed by atoms with Gasteiger partial charge in [0.25, 0.3) is 0 Å². The molecule has 0 bridgehead atoms. The van der Waals surface area contributed by atoms with Gasteiger partial charge in [-0.2, -0.15) is 16.9 Å². The average molecular weight is 385 g/mol. The van der Waals surface area contributed by atoms with E-state index in [0.29, 0.717) is 28.8 Å². The molecule has 1 aliphatic heterocycles. The standard InChI is InChI=1S/C16H18Cl2N4OS/c17-13-2-1-3-14(18)12(13)9-22-15(4-5-20-22)21-16(23)8-11-10-24-7-6-19-11/h1-5,11,19H,6-10H2,(H,21,23). The lowest BCUT2D eigenvalue weighted by atomic mass is 10.2. The van der Waals surface area contributed by atoms with Crippen LogP contribution in [0.25, 0.3) is 0 Å². The zero-order chi connectivity index (χ0) is 16.9. The first-order valence-electron chi connectivity index (χ1n) is 7.69. The largest absolute Gasteiger partial charge is 0.312 e. The predicted octanol–water partition coefficient (Wildman–Crippen LogP) is 3.27. The molecular weight excluding hydrogens is 367 g/mol. The number of nitrogens with one attached hydrogen (secondary N) is 2. The maximum Gasteiger partial charge on any atom is 0.227 e. The van der Waals surface area contributed by atoms with Crippen molar-refractivity contribution in [1.82, 2.24) is 15.1 Å². The van der Waals surface area contributed by atoms with E-state index in [4.69, 9.17) is 23.2 Å². The Hall–Kier alpha value is -1.21. The first kappa shape index (κ1) is 17.6. The van der Waals surface area contributed by atoms with Crippen LogP contribution in [0.1, 0.15) is 12.0 Å². The van der Waals surface area contributed by atoms with Crippen molar-refractivity contribution in [2.75, 3.05) is 23.4 Å². The quantitative estimate of drug-likeness (QED) is 0.830. The van der Waals surface area contributed by atoms with Crippen molar-refractivity contribution in [3.63, 3.8) is 0 Å². The summed E-state index contributed by atoms with van der Waals surface area (Å²) in [6.07, 6.45) is 2.10. The third kappa shape index (κ3) is 4.45. The number of rotatable bonds is 5. The Kier molecular flexibility index (Phi) is 6.05. The van der Waals surface area contributed by atoms with Gasteiger partial charge in [0.2, 0.25) is 5.91 Å².